The van der Waals surface area contributed by atoms with Gasteiger partial charge in [-0.05, 0) is 36.0 Å². The summed E-state index contributed by atoms with van der Waals surface area (Å²) in [7, 11) is 0. The van der Waals surface area contributed by atoms with Gasteiger partial charge in [-0.1, -0.05) is 29.8 Å². The highest BCUT2D eigenvalue weighted by Gasteiger charge is 2.18. The van der Waals surface area contributed by atoms with Crippen molar-refractivity contribution in [2.75, 3.05) is 31.1 Å². The minimum atomic E-state index is 0.139. The number of anilines is 1. The molecule has 1 fully saturated rings. The van der Waals surface area contributed by atoms with Gasteiger partial charge in [0.05, 0.1) is 6.21 Å². The van der Waals surface area contributed by atoms with Gasteiger partial charge in [0.1, 0.15) is 5.82 Å². The van der Waals surface area contributed by atoms with Crippen LogP contribution in [-0.4, -0.2) is 47.4 Å². The van der Waals surface area contributed by atoms with Crippen LogP contribution in [0.25, 0.3) is 0 Å². The van der Waals surface area contributed by atoms with Crippen LogP contribution < -0.4 is 16.1 Å². The monoisotopic (exact) mass is 388 g/mol. The Morgan fingerprint density at radius 3 is 2.65 bits per heavy atom. The lowest BCUT2D eigenvalue weighted by Gasteiger charge is -2.35. The van der Waals surface area contributed by atoms with Gasteiger partial charge in [-0.15, -0.1) is 0 Å². The Hall–Kier alpha value is -2.22. The Labute approximate surface area is 163 Å². The topological polar surface area (TPSA) is 69.8 Å². The van der Waals surface area contributed by atoms with Gasteiger partial charge in [0.15, 0.2) is 5.11 Å². The van der Waals surface area contributed by atoms with Gasteiger partial charge in [0, 0.05) is 49.5 Å². The molecule has 3 rings (SSSR count). The summed E-state index contributed by atoms with van der Waals surface area (Å²) in [5.41, 5.74) is 9.91. The molecule has 136 valence electrons. The largest absolute Gasteiger partial charge is 0.375 e. The number of pyridine rings is 1. The van der Waals surface area contributed by atoms with Gasteiger partial charge >= 0.3 is 0 Å². The lowest BCUT2D eigenvalue weighted by atomic mass is 10.2. The van der Waals surface area contributed by atoms with E-state index < -0.39 is 0 Å². The van der Waals surface area contributed by atoms with Crippen molar-refractivity contribution in [2.24, 2.45) is 10.8 Å². The van der Waals surface area contributed by atoms with E-state index >= 15 is 0 Å². The first-order chi connectivity index (χ1) is 12.6. The summed E-state index contributed by atoms with van der Waals surface area (Å²) in [5, 5.41) is 4.90. The molecule has 1 aromatic heterocycles. The molecular weight excluding hydrogens is 368 g/mol. The van der Waals surface area contributed by atoms with E-state index in [1.54, 1.807) is 12.4 Å². The molecule has 2 heterocycles. The van der Waals surface area contributed by atoms with Gasteiger partial charge in [-0.2, -0.15) is 5.10 Å². The van der Waals surface area contributed by atoms with Crippen LogP contribution in [0.5, 0.6) is 0 Å². The van der Waals surface area contributed by atoms with Crippen molar-refractivity contribution in [2.45, 2.75) is 6.54 Å². The van der Waals surface area contributed by atoms with Crippen molar-refractivity contribution >= 4 is 41.0 Å². The minimum absolute atomic E-state index is 0.139. The molecule has 8 heteroatoms. The van der Waals surface area contributed by atoms with E-state index in [9.17, 15) is 0 Å². The standard InChI is InChI=1S/C18H21ClN6S/c19-16-4-2-1-3-15(16)13-24-7-9-25(10-8-24)17-6-5-14(11-21-17)12-22-23-18(20)26/h1-6,11-12H,7-10,13H2,(H3,20,23,26)/b22-12+. The molecular formula is C18H21ClN6S. The molecule has 2 aromatic rings. The van der Waals surface area contributed by atoms with E-state index in [0.717, 1.165) is 49.1 Å². The molecule has 0 saturated carbocycles. The fraction of sp³-hybridized carbons (Fsp3) is 0.278. The van der Waals surface area contributed by atoms with Gasteiger partial charge < -0.3 is 10.6 Å². The molecule has 1 aliphatic heterocycles. The molecule has 1 saturated heterocycles. The molecule has 0 aliphatic carbocycles. The summed E-state index contributed by atoms with van der Waals surface area (Å²) in [5.74, 6) is 0.974. The Balaban J connectivity index is 1.52. The van der Waals surface area contributed by atoms with Crippen LogP contribution in [0.2, 0.25) is 5.02 Å². The normalized spacial score (nSPS) is 15.3. The highest BCUT2D eigenvalue weighted by atomic mass is 35.5. The van der Waals surface area contributed by atoms with E-state index in [1.807, 2.05) is 30.3 Å². The van der Waals surface area contributed by atoms with E-state index in [0.29, 0.717) is 0 Å². The number of aromatic nitrogens is 1. The predicted molar refractivity (Wildman–Crippen MR) is 111 cm³/mol. The lowest BCUT2D eigenvalue weighted by molar-refractivity contribution is 0.249. The fourth-order valence-electron chi connectivity index (χ4n) is 2.83. The second-order valence-corrected chi connectivity index (χ2v) is 6.89. The number of nitrogens with one attached hydrogen (secondary N) is 1. The van der Waals surface area contributed by atoms with Crippen LogP contribution in [0, 0.1) is 0 Å². The zero-order valence-corrected chi connectivity index (χ0v) is 15.9. The van der Waals surface area contributed by atoms with Crippen molar-refractivity contribution < 1.29 is 0 Å². The summed E-state index contributed by atoms with van der Waals surface area (Å²) in [6, 6.07) is 12.0. The molecule has 26 heavy (non-hydrogen) atoms. The van der Waals surface area contributed by atoms with Crippen LogP contribution >= 0.6 is 23.8 Å². The van der Waals surface area contributed by atoms with Crippen LogP contribution in [-0.2, 0) is 6.54 Å². The van der Waals surface area contributed by atoms with Crippen LogP contribution in [0.4, 0.5) is 5.82 Å². The van der Waals surface area contributed by atoms with Crippen LogP contribution in [0.1, 0.15) is 11.1 Å². The van der Waals surface area contributed by atoms with Crippen molar-refractivity contribution in [1.82, 2.24) is 15.3 Å². The summed E-state index contributed by atoms with van der Waals surface area (Å²) < 4.78 is 0. The number of nitrogens with two attached hydrogens (primary N) is 1. The predicted octanol–water partition coefficient (Wildman–Crippen LogP) is 2.22. The number of thiocarbonyl (C=S) groups is 1. The quantitative estimate of drug-likeness (QED) is 0.465. The lowest BCUT2D eigenvalue weighted by Crippen LogP contribution is -2.46. The third kappa shape index (κ3) is 5.14. The zero-order chi connectivity index (χ0) is 18.4. The molecule has 0 bridgehead atoms. The average molecular weight is 389 g/mol. The van der Waals surface area contributed by atoms with Crippen molar-refractivity contribution in [3.63, 3.8) is 0 Å². The molecule has 3 N–H and O–H groups in total. The molecule has 0 spiro atoms. The molecule has 0 amide bonds. The van der Waals surface area contributed by atoms with Crippen molar-refractivity contribution in [3.05, 3.63) is 58.7 Å². The summed E-state index contributed by atoms with van der Waals surface area (Å²) >= 11 is 11.0. The SMILES string of the molecule is NC(=S)N/N=C/c1ccc(N2CCN(Cc3ccccc3Cl)CC2)nc1. The highest BCUT2D eigenvalue weighted by molar-refractivity contribution is 7.80. The molecule has 0 atom stereocenters. The smallest absolute Gasteiger partial charge is 0.184 e. The third-order valence-corrected chi connectivity index (χ3v) is 4.67. The second-order valence-electron chi connectivity index (χ2n) is 6.04. The number of halogens is 1. The summed E-state index contributed by atoms with van der Waals surface area (Å²) in [6.07, 6.45) is 3.42. The second kappa shape index (κ2) is 8.93. The maximum Gasteiger partial charge on any atom is 0.184 e. The maximum atomic E-state index is 6.26. The molecule has 0 unspecified atom stereocenters. The number of piperazine rings is 1. The first kappa shape index (κ1) is 18.6. The van der Waals surface area contributed by atoms with Crippen LogP contribution in [0.3, 0.4) is 0 Å². The Morgan fingerprint density at radius 2 is 2.00 bits per heavy atom. The van der Waals surface area contributed by atoms with E-state index in [-0.39, 0.29) is 5.11 Å². The average Bonchev–Trinajstić information content (AvgIpc) is 2.65. The first-order valence-electron chi connectivity index (χ1n) is 8.37. The summed E-state index contributed by atoms with van der Waals surface area (Å²) in [4.78, 5) is 9.23. The first-order valence-corrected chi connectivity index (χ1v) is 9.16. The fourth-order valence-corrected chi connectivity index (χ4v) is 3.08. The number of nitrogens with zero attached hydrogens (tertiary/aromatic N) is 4. The van der Waals surface area contributed by atoms with Gasteiger partial charge in [-0.25, -0.2) is 4.98 Å². The maximum absolute atomic E-state index is 6.26. The number of hydrogen-bond acceptors (Lipinski definition) is 5. The Morgan fingerprint density at radius 1 is 1.23 bits per heavy atom. The number of hydrogen-bond donors (Lipinski definition) is 2. The third-order valence-electron chi connectivity index (χ3n) is 4.21. The Bertz CT molecular complexity index is 772. The molecule has 0 radical (unpaired) electrons. The zero-order valence-electron chi connectivity index (χ0n) is 14.3. The molecule has 1 aromatic carbocycles. The number of benzene rings is 1. The molecule has 1 aliphatic rings. The highest BCUT2D eigenvalue weighted by Crippen LogP contribution is 2.19. The summed E-state index contributed by atoms with van der Waals surface area (Å²) in [6.45, 7) is 4.72. The number of hydrazone groups is 1. The van der Waals surface area contributed by atoms with Gasteiger partial charge in [0.25, 0.3) is 0 Å². The Kier molecular flexibility index (Phi) is 6.38. The van der Waals surface area contributed by atoms with Crippen molar-refractivity contribution in [3.8, 4) is 0 Å². The van der Waals surface area contributed by atoms with Gasteiger partial charge in [-0.3, -0.25) is 10.3 Å². The van der Waals surface area contributed by atoms with E-state index in [2.05, 4.69) is 31.4 Å². The number of rotatable bonds is 5. The van der Waals surface area contributed by atoms with Crippen LogP contribution in [0.15, 0.2) is 47.7 Å². The van der Waals surface area contributed by atoms with E-state index in [4.69, 9.17) is 29.6 Å². The molecule has 6 nitrogen and oxygen atoms in total. The van der Waals surface area contributed by atoms with Crippen molar-refractivity contribution in [1.29, 1.82) is 0 Å². The van der Waals surface area contributed by atoms with E-state index in [1.165, 1.54) is 5.56 Å². The van der Waals surface area contributed by atoms with Gasteiger partial charge in [0.2, 0.25) is 0 Å². The minimum Gasteiger partial charge on any atom is -0.375 e.